The summed E-state index contributed by atoms with van der Waals surface area (Å²) in [6.45, 7) is 1.73. The summed E-state index contributed by atoms with van der Waals surface area (Å²) >= 11 is 0. The first kappa shape index (κ1) is 10.3. The Morgan fingerprint density at radius 3 is 2.62 bits per heavy atom. The summed E-state index contributed by atoms with van der Waals surface area (Å²) in [5, 5.41) is 8.89. The Balaban J connectivity index is 2.40. The van der Waals surface area contributed by atoms with Gasteiger partial charge in [0, 0.05) is 6.92 Å². The molecule has 0 saturated carbocycles. The topological polar surface area (TPSA) is 46.5 Å². The van der Waals surface area contributed by atoms with Gasteiger partial charge in [0.05, 0.1) is 0 Å². The number of hydrogen-bond donors (Lipinski definition) is 1. The lowest BCUT2D eigenvalue weighted by molar-refractivity contribution is 0.228. The Morgan fingerprint density at radius 2 is 2.08 bits per heavy atom. The van der Waals surface area contributed by atoms with E-state index in [9.17, 15) is 4.57 Å². The minimum atomic E-state index is -1.96. The molecule has 0 amide bonds. The number of aliphatic hydroxyl groups excluding tert-OH is 1. The Morgan fingerprint density at radius 1 is 1.46 bits per heavy atom. The van der Waals surface area contributed by atoms with Gasteiger partial charge in [0.1, 0.15) is 6.61 Å². The van der Waals surface area contributed by atoms with Crippen LogP contribution in [0.4, 0.5) is 0 Å². The molecule has 2 unspecified atom stereocenters. The maximum Gasteiger partial charge on any atom is 0.540 e. The van der Waals surface area contributed by atoms with Crippen LogP contribution in [0.1, 0.15) is 12.5 Å². The van der Waals surface area contributed by atoms with Crippen LogP contribution in [0.15, 0.2) is 30.3 Å². The third-order valence-corrected chi connectivity index (χ3v) is 2.50. The van der Waals surface area contributed by atoms with Crippen LogP contribution in [0.5, 0.6) is 0 Å². The molecule has 70 valence electrons. The highest BCUT2D eigenvalue weighted by atomic mass is 31.1. The van der Waals surface area contributed by atoms with E-state index in [-0.39, 0.29) is 6.61 Å². The van der Waals surface area contributed by atoms with E-state index in [1.807, 2.05) is 30.3 Å². The first-order chi connectivity index (χ1) is 6.20. The van der Waals surface area contributed by atoms with E-state index in [0.29, 0.717) is 0 Å². The van der Waals surface area contributed by atoms with Gasteiger partial charge in [-0.3, -0.25) is 0 Å². The summed E-state index contributed by atoms with van der Waals surface area (Å²) in [6.07, 6.45) is 0. The minimum Gasteiger partial charge on any atom is -0.349 e. The van der Waals surface area contributed by atoms with Crippen molar-refractivity contribution in [2.75, 3.05) is 0 Å². The molecule has 1 rings (SSSR count). The zero-order valence-electron chi connectivity index (χ0n) is 7.38. The molecule has 1 aromatic carbocycles. The molecule has 0 radical (unpaired) electrons. The molecule has 2 atom stereocenters. The lowest BCUT2D eigenvalue weighted by Gasteiger charge is -1.94. The molecule has 1 aromatic rings. The van der Waals surface area contributed by atoms with Gasteiger partial charge in [-0.25, -0.2) is 0 Å². The molecule has 0 fully saturated rings. The van der Waals surface area contributed by atoms with Crippen molar-refractivity contribution in [3.8, 4) is 0 Å². The largest absolute Gasteiger partial charge is 0.540 e. The normalized spacial score (nSPS) is 13.8. The van der Waals surface area contributed by atoms with Gasteiger partial charge in [0.25, 0.3) is 5.85 Å². The van der Waals surface area contributed by atoms with E-state index < -0.39 is 13.9 Å². The van der Waals surface area contributed by atoms with Crippen LogP contribution in [0, 0.1) is 0 Å². The highest BCUT2D eigenvalue weighted by Gasteiger charge is 2.24. The molecule has 0 spiro atoms. The first-order valence-corrected chi connectivity index (χ1v) is 5.26. The maximum absolute atomic E-state index is 11.0. The molecule has 0 aliphatic heterocycles. The Hall–Kier alpha value is -0.760. The summed E-state index contributed by atoms with van der Waals surface area (Å²) in [5.41, 5.74) is 0.950. The van der Waals surface area contributed by atoms with E-state index in [4.69, 9.17) is 9.63 Å². The first-order valence-electron chi connectivity index (χ1n) is 4.01. The fourth-order valence-corrected chi connectivity index (χ4v) is 1.31. The van der Waals surface area contributed by atoms with Crippen molar-refractivity contribution in [2.45, 2.75) is 19.4 Å². The lowest BCUT2D eigenvalue weighted by atomic mass is 10.2. The van der Waals surface area contributed by atoms with Crippen LogP contribution in [-0.2, 0) is 15.7 Å². The molecule has 0 aliphatic carbocycles. The van der Waals surface area contributed by atoms with Crippen molar-refractivity contribution in [2.24, 2.45) is 0 Å². The molecule has 0 aromatic heterocycles. The monoisotopic (exact) mass is 199 g/mol. The predicted octanol–water partition coefficient (Wildman–Crippen LogP) is 2.28. The van der Waals surface area contributed by atoms with Gasteiger partial charge in [0.15, 0.2) is 0 Å². The smallest absolute Gasteiger partial charge is 0.349 e. The van der Waals surface area contributed by atoms with Crippen molar-refractivity contribution in [1.82, 2.24) is 0 Å². The molecule has 0 bridgehead atoms. The standard InChI is InChI=1S/C9H12O3P/c1-8(10)13(11)12-7-9-5-3-2-4-6-9/h2-6,8,10H,7H2,1H3/q+1. The predicted molar refractivity (Wildman–Crippen MR) is 50.5 cm³/mol. The summed E-state index contributed by atoms with van der Waals surface area (Å²) in [6, 6.07) is 9.43. The van der Waals surface area contributed by atoms with Crippen molar-refractivity contribution < 1.29 is 14.2 Å². The van der Waals surface area contributed by atoms with Gasteiger partial charge in [-0.1, -0.05) is 30.3 Å². The summed E-state index contributed by atoms with van der Waals surface area (Å²) in [7, 11) is -1.96. The molecule has 0 saturated heterocycles. The average Bonchev–Trinajstić information content (AvgIpc) is 2.15. The second-order valence-electron chi connectivity index (χ2n) is 2.68. The molecule has 4 heteroatoms. The zero-order valence-corrected chi connectivity index (χ0v) is 8.28. The van der Waals surface area contributed by atoms with Gasteiger partial charge in [0.2, 0.25) is 0 Å². The van der Waals surface area contributed by atoms with E-state index in [0.717, 1.165) is 5.56 Å². The second kappa shape index (κ2) is 5.07. The van der Waals surface area contributed by atoms with Gasteiger partial charge >= 0.3 is 8.03 Å². The third kappa shape index (κ3) is 3.64. The Labute approximate surface area is 78.2 Å². The summed E-state index contributed by atoms with van der Waals surface area (Å²) < 4.78 is 15.9. The molecular weight excluding hydrogens is 187 g/mol. The molecule has 0 aliphatic rings. The number of rotatable bonds is 4. The van der Waals surface area contributed by atoms with Crippen molar-refractivity contribution >= 4 is 8.03 Å². The van der Waals surface area contributed by atoms with Crippen LogP contribution in [0.3, 0.4) is 0 Å². The van der Waals surface area contributed by atoms with Crippen molar-refractivity contribution in [3.63, 3.8) is 0 Å². The van der Waals surface area contributed by atoms with E-state index in [1.54, 1.807) is 0 Å². The zero-order chi connectivity index (χ0) is 9.68. The van der Waals surface area contributed by atoms with Crippen LogP contribution < -0.4 is 0 Å². The van der Waals surface area contributed by atoms with Gasteiger partial charge in [-0.05, 0) is 10.1 Å². The quantitative estimate of drug-likeness (QED) is 0.756. The van der Waals surface area contributed by atoms with Gasteiger partial charge < -0.3 is 5.11 Å². The minimum absolute atomic E-state index is 0.279. The van der Waals surface area contributed by atoms with E-state index in [2.05, 4.69) is 0 Å². The molecule has 0 heterocycles. The van der Waals surface area contributed by atoms with Gasteiger partial charge in [-0.2, -0.15) is 0 Å². The Kier molecular flexibility index (Phi) is 4.03. The summed E-state index contributed by atoms with van der Waals surface area (Å²) in [4.78, 5) is 0. The maximum atomic E-state index is 11.0. The SMILES string of the molecule is CC(O)[P+](=O)OCc1ccccc1. The number of aliphatic hydroxyl groups is 1. The van der Waals surface area contributed by atoms with Crippen LogP contribution in [0.25, 0.3) is 0 Å². The average molecular weight is 199 g/mol. The van der Waals surface area contributed by atoms with Crippen LogP contribution in [-0.4, -0.2) is 11.0 Å². The van der Waals surface area contributed by atoms with Crippen molar-refractivity contribution in [3.05, 3.63) is 35.9 Å². The summed E-state index contributed by atoms with van der Waals surface area (Å²) in [5.74, 6) is -0.904. The van der Waals surface area contributed by atoms with E-state index in [1.165, 1.54) is 6.92 Å². The van der Waals surface area contributed by atoms with Gasteiger partial charge in [-0.15, -0.1) is 4.52 Å². The molecular formula is C9H12O3P+. The molecule has 1 N–H and O–H groups in total. The lowest BCUT2D eigenvalue weighted by Crippen LogP contribution is -1.95. The van der Waals surface area contributed by atoms with Crippen molar-refractivity contribution in [1.29, 1.82) is 0 Å². The molecule has 13 heavy (non-hydrogen) atoms. The fraction of sp³-hybridized carbons (Fsp3) is 0.333. The van der Waals surface area contributed by atoms with Crippen LogP contribution in [0.2, 0.25) is 0 Å². The number of hydrogen-bond acceptors (Lipinski definition) is 3. The van der Waals surface area contributed by atoms with E-state index >= 15 is 0 Å². The highest BCUT2D eigenvalue weighted by molar-refractivity contribution is 7.39. The molecule has 3 nitrogen and oxygen atoms in total. The third-order valence-electron chi connectivity index (χ3n) is 1.51. The van der Waals surface area contributed by atoms with Crippen LogP contribution >= 0.6 is 8.03 Å². The second-order valence-corrected chi connectivity index (χ2v) is 4.25. The highest BCUT2D eigenvalue weighted by Crippen LogP contribution is 2.28. The number of benzene rings is 1. The Bertz CT molecular complexity index is 271. The fourth-order valence-electron chi connectivity index (χ4n) is 0.820.